The van der Waals surface area contributed by atoms with Crippen molar-refractivity contribution in [3.05, 3.63) is 206 Å². The summed E-state index contributed by atoms with van der Waals surface area (Å²) in [6.45, 7) is 0. The first kappa shape index (κ1) is 33.0. The Kier molecular flexibility index (Phi) is 8.43. The highest BCUT2D eigenvalue weighted by Gasteiger charge is 2.17. The van der Waals surface area contributed by atoms with Gasteiger partial charge in [-0.05, 0) is 70.8 Å². The molecule has 0 bridgehead atoms. The smallest absolute Gasteiger partial charge is 0.164 e. The van der Waals surface area contributed by atoms with Crippen molar-refractivity contribution in [3.63, 3.8) is 0 Å². The number of benzene rings is 8. The second kappa shape index (κ2) is 14.3. The lowest BCUT2D eigenvalue weighted by Crippen LogP contribution is -2.09. The topological polar surface area (TPSA) is 55.1 Å². The molecule has 10 aromatic rings. The molecule has 0 aliphatic heterocycles. The number of aromatic nitrogens is 3. The minimum absolute atomic E-state index is 0.629. The molecule has 2 aromatic heterocycles. The quantitative estimate of drug-likeness (QED) is 0.157. The van der Waals surface area contributed by atoms with Gasteiger partial charge in [-0.25, -0.2) is 15.0 Å². The second-order valence-corrected chi connectivity index (χ2v) is 13.7. The van der Waals surface area contributed by atoms with Crippen LogP contribution in [0.1, 0.15) is 0 Å². The van der Waals surface area contributed by atoms with E-state index in [1.54, 1.807) is 0 Å². The molecule has 0 N–H and O–H groups in total. The van der Waals surface area contributed by atoms with Gasteiger partial charge in [0.2, 0.25) is 0 Å². The Hall–Kier alpha value is -7.63. The van der Waals surface area contributed by atoms with Gasteiger partial charge in [0.1, 0.15) is 11.2 Å². The van der Waals surface area contributed by atoms with E-state index in [0.717, 1.165) is 66.8 Å². The zero-order valence-corrected chi connectivity index (χ0v) is 30.3. The predicted molar refractivity (Wildman–Crippen MR) is 229 cm³/mol. The highest BCUT2D eigenvalue weighted by molar-refractivity contribution is 6.07. The number of nitrogens with zero attached hydrogens (tertiary/aromatic N) is 4. The molecule has 8 aromatic carbocycles. The number of furan rings is 1. The number of fused-ring (bicyclic) bond motifs is 3. The first-order valence-corrected chi connectivity index (χ1v) is 18.7. The van der Waals surface area contributed by atoms with Crippen LogP contribution in [0.3, 0.4) is 0 Å². The predicted octanol–water partition coefficient (Wildman–Crippen LogP) is 13.6. The van der Waals surface area contributed by atoms with Gasteiger partial charge in [0.25, 0.3) is 0 Å². The summed E-state index contributed by atoms with van der Waals surface area (Å²) in [4.78, 5) is 16.9. The van der Waals surface area contributed by atoms with Crippen molar-refractivity contribution in [1.82, 2.24) is 15.0 Å². The molecule has 0 unspecified atom stereocenters. The first-order valence-electron chi connectivity index (χ1n) is 18.7. The molecule has 264 valence electrons. The summed E-state index contributed by atoms with van der Waals surface area (Å²) >= 11 is 0. The fourth-order valence-electron chi connectivity index (χ4n) is 7.29. The van der Waals surface area contributed by atoms with Crippen LogP contribution in [0.5, 0.6) is 0 Å². The van der Waals surface area contributed by atoms with E-state index in [0.29, 0.717) is 17.5 Å². The molecule has 0 aliphatic rings. The van der Waals surface area contributed by atoms with Crippen molar-refractivity contribution in [2.75, 3.05) is 4.90 Å². The lowest BCUT2D eigenvalue weighted by molar-refractivity contribution is 0.669. The standard InChI is InChI=1S/C51H34N4O/c1-5-13-35(14-6-1)36-25-28-43(29-26-36)55(42-19-11-4-12-20-42)44-30-32-46-45-31-27-41(33-47(45)56-48(46)34-44)37-21-23-40(24-22-37)51-53-49(38-15-7-2-8-16-38)52-50(54-51)39-17-9-3-10-18-39/h1-34H. The van der Waals surface area contributed by atoms with Crippen LogP contribution in [0.4, 0.5) is 17.1 Å². The third-order valence-electron chi connectivity index (χ3n) is 10.1. The number of para-hydroxylation sites is 1. The number of hydrogen-bond donors (Lipinski definition) is 0. The SMILES string of the molecule is c1ccc(-c2ccc(N(c3ccccc3)c3ccc4c(c3)oc3cc(-c5ccc(-c6nc(-c7ccccc7)nc(-c7ccccc7)n6)cc5)ccc34)cc2)cc1. The fraction of sp³-hybridized carbons (Fsp3) is 0. The molecule has 0 amide bonds. The molecule has 0 atom stereocenters. The maximum atomic E-state index is 6.60. The van der Waals surface area contributed by atoms with Gasteiger partial charge in [-0.15, -0.1) is 0 Å². The highest BCUT2D eigenvalue weighted by atomic mass is 16.3. The Morgan fingerprint density at radius 2 is 0.643 bits per heavy atom. The van der Waals surface area contributed by atoms with E-state index in [-0.39, 0.29) is 0 Å². The Morgan fingerprint density at radius 1 is 0.286 bits per heavy atom. The minimum Gasteiger partial charge on any atom is -0.456 e. The van der Waals surface area contributed by atoms with E-state index in [1.807, 2.05) is 72.8 Å². The molecular weight excluding hydrogens is 685 g/mol. The van der Waals surface area contributed by atoms with Crippen LogP contribution in [0, 0.1) is 0 Å². The number of anilines is 3. The van der Waals surface area contributed by atoms with Crippen LogP contribution >= 0.6 is 0 Å². The van der Waals surface area contributed by atoms with E-state index in [9.17, 15) is 0 Å². The van der Waals surface area contributed by atoms with E-state index in [2.05, 4.69) is 138 Å². The summed E-state index contributed by atoms with van der Waals surface area (Å²) in [7, 11) is 0. The van der Waals surface area contributed by atoms with Crippen molar-refractivity contribution in [3.8, 4) is 56.4 Å². The van der Waals surface area contributed by atoms with Crippen molar-refractivity contribution in [2.24, 2.45) is 0 Å². The van der Waals surface area contributed by atoms with Gasteiger partial charge in [-0.1, -0.05) is 152 Å². The summed E-state index contributed by atoms with van der Waals surface area (Å²) in [6.07, 6.45) is 0. The molecule has 56 heavy (non-hydrogen) atoms. The average Bonchev–Trinajstić information content (AvgIpc) is 3.65. The van der Waals surface area contributed by atoms with Gasteiger partial charge in [-0.2, -0.15) is 0 Å². The molecule has 10 rings (SSSR count). The van der Waals surface area contributed by atoms with E-state index < -0.39 is 0 Å². The lowest BCUT2D eigenvalue weighted by Gasteiger charge is -2.25. The van der Waals surface area contributed by atoms with Crippen molar-refractivity contribution in [2.45, 2.75) is 0 Å². The molecule has 0 fully saturated rings. The van der Waals surface area contributed by atoms with E-state index in [1.165, 1.54) is 11.1 Å². The molecule has 2 heterocycles. The Labute approximate surface area is 324 Å². The van der Waals surface area contributed by atoms with Crippen LogP contribution in [0.15, 0.2) is 211 Å². The fourth-order valence-corrected chi connectivity index (χ4v) is 7.29. The molecule has 0 saturated carbocycles. The molecule has 5 nitrogen and oxygen atoms in total. The molecule has 0 radical (unpaired) electrons. The minimum atomic E-state index is 0.629. The van der Waals surface area contributed by atoms with Crippen LogP contribution in [0.25, 0.3) is 78.4 Å². The number of rotatable bonds is 8. The van der Waals surface area contributed by atoms with Gasteiger partial charge in [0.05, 0.1) is 0 Å². The summed E-state index contributed by atoms with van der Waals surface area (Å²) in [6, 6.07) is 71.1. The van der Waals surface area contributed by atoms with E-state index in [4.69, 9.17) is 19.4 Å². The maximum Gasteiger partial charge on any atom is 0.164 e. The largest absolute Gasteiger partial charge is 0.456 e. The van der Waals surface area contributed by atoms with Crippen LogP contribution in [-0.4, -0.2) is 15.0 Å². The van der Waals surface area contributed by atoms with Gasteiger partial charge in [0.15, 0.2) is 17.5 Å². The molecule has 5 heteroatoms. The average molecular weight is 719 g/mol. The molecule has 0 aliphatic carbocycles. The molecule has 0 saturated heterocycles. The van der Waals surface area contributed by atoms with Crippen molar-refractivity contribution in [1.29, 1.82) is 0 Å². The van der Waals surface area contributed by atoms with E-state index >= 15 is 0 Å². The normalized spacial score (nSPS) is 11.2. The van der Waals surface area contributed by atoms with Gasteiger partial charge in [0, 0.05) is 50.6 Å². The van der Waals surface area contributed by atoms with Crippen molar-refractivity contribution < 1.29 is 4.42 Å². The Bertz CT molecular complexity index is 2870. The maximum absolute atomic E-state index is 6.60. The van der Waals surface area contributed by atoms with Crippen molar-refractivity contribution >= 4 is 39.0 Å². The summed E-state index contributed by atoms with van der Waals surface area (Å²) in [5.74, 6) is 1.92. The van der Waals surface area contributed by atoms with Gasteiger partial charge in [-0.3, -0.25) is 0 Å². The monoisotopic (exact) mass is 718 g/mol. The summed E-state index contributed by atoms with van der Waals surface area (Å²) in [5.41, 5.74) is 12.2. The summed E-state index contributed by atoms with van der Waals surface area (Å²) in [5, 5.41) is 2.16. The van der Waals surface area contributed by atoms with Gasteiger partial charge >= 0.3 is 0 Å². The summed E-state index contributed by atoms with van der Waals surface area (Å²) < 4.78 is 6.60. The Balaban J connectivity index is 0.977. The molecule has 0 spiro atoms. The lowest BCUT2D eigenvalue weighted by atomic mass is 10.0. The van der Waals surface area contributed by atoms with Gasteiger partial charge < -0.3 is 9.32 Å². The second-order valence-electron chi connectivity index (χ2n) is 13.7. The molecular formula is C51H34N4O. The zero-order chi connectivity index (χ0) is 37.3. The highest BCUT2D eigenvalue weighted by Crippen LogP contribution is 2.40. The van der Waals surface area contributed by atoms with Crippen LogP contribution in [0.2, 0.25) is 0 Å². The zero-order valence-electron chi connectivity index (χ0n) is 30.3. The van der Waals surface area contributed by atoms with Crippen LogP contribution in [-0.2, 0) is 0 Å². The third kappa shape index (κ3) is 6.37. The third-order valence-corrected chi connectivity index (χ3v) is 10.1. The number of hydrogen-bond acceptors (Lipinski definition) is 5. The Morgan fingerprint density at radius 3 is 1.21 bits per heavy atom. The van der Waals surface area contributed by atoms with Crippen LogP contribution < -0.4 is 4.90 Å². The first-order chi connectivity index (χ1) is 27.7.